The van der Waals surface area contributed by atoms with E-state index in [0.717, 1.165) is 19.0 Å². The number of nitrogens with one attached hydrogen (secondary N) is 1. The molecule has 90 valence electrons. The maximum Gasteiger partial charge on any atom is 0.0560 e. The van der Waals surface area contributed by atoms with Crippen molar-refractivity contribution in [3.63, 3.8) is 0 Å². The van der Waals surface area contributed by atoms with Crippen LogP contribution in [-0.4, -0.2) is 26.0 Å². The third-order valence-electron chi connectivity index (χ3n) is 2.49. The summed E-state index contributed by atoms with van der Waals surface area (Å²) < 4.78 is 5.32. The number of ether oxygens (including phenoxy) is 1. The highest BCUT2D eigenvalue weighted by atomic mass is 32.2. The molecular formula is C13H21NOS. The Bertz CT molecular complexity index is 304. The van der Waals surface area contributed by atoms with E-state index < -0.39 is 0 Å². The van der Waals surface area contributed by atoms with Crippen LogP contribution in [0.2, 0.25) is 0 Å². The van der Waals surface area contributed by atoms with Gasteiger partial charge in [-0.25, -0.2) is 0 Å². The molecule has 0 fully saturated rings. The molecule has 1 atom stereocenters. The highest BCUT2D eigenvalue weighted by Crippen LogP contribution is 2.22. The number of thioether (sulfide) groups is 1. The van der Waals surface area contributed by atoms with Gasteiger partial charge in [0.2, 0.25) is 0 Å². The van der Waals surface area contributed by atoms with Crippen molar-refractivity contribution in [3.05, 3.63) is 29.8 Å². The molecule has 0 aliphatic carbocycles. The Morgan fingerprint density at radius 3 is 2.94 bits per heavy atom. The summed E-state index contributed by atoms with van der Waals surface area (Å²) in [6, 6.07) is 9.09. The lowest BCUT2D eigenvalue weighted by molar-refractivity contribution is 0.164. The van der Waals surface area contributed by atoms with Crippen LogP contribution >= 0.6 is 11.8 Å². The van der Waals surface area contributed by atoms with Crippen LogP contribution in [0.25, 0.3) is 0 Å². The summed E-state index contributed by atoms with van der Waals surface area (Å²) in [4.78, 5) is 1.32. The maximum absolute atomic E-state index is 5.32. The molecule has 1 unspecified atom stereocenters. The number of benzene rings is 1. The molecule has 1 aromatic carbocycles. The van der Waals surface area contributed by atoms with Crippen molar-refractivity contribution in [2.75, 3.05) is 26.0 Å². The minimum atomic E-state index is 0.410. The normalized spacial score (nSPS) is 12.7. The molecule has 0 aromatic heterocycles. The summed E-state index contributed by atoms with van der Waals surface area (Å²) in [6.45, 7) is 5.83. The summed E-state index contributed by atoms with van der Waals surface area (Å²) in [5.74, 6) is 1.02. The third-order valence-corrected chi connectivity index (χ3v) is 3.45. The summed E-state index contributed by atoms with van der Waals surface area (Å²) in [5.41, 5.74) is 1.34. The standard InChI is InChI=1S/C13H21NOS/c1-4-15-8-9-16-13-7-5-6-12(10-13)11(2)14-3/h5-7,10-11,14H,4,8-9H2,1-3H3. The van der Waals surface area contributed by atoms with E-state index in [1.807, 2.05) is 25.7 Å². The van der Waals surface area contributed by atoms with Gasteiger partial charge in [-0.1, -0.05) is 12.1 Å². The van der Waals surface area contributed by atoms with Gasteiger partial charge in [-0.15, -0.1) is 11.8 Å². The van der Waals surface area contributed by atoms with Crippen molar-refractivity contribution in [1.82, 2.24) is 5.32 Å². The van der Waals surface area contributed by atoms with Gasteiger partial charge in [0.15, 0.2) is 0 Å². The lowest BCUT2D eigenvalue weighted by atomic mass is 10.1. The first-order valence-corrected chi connectivity index (χ1v) is 6.74. The van der Waals surface area contributed by atoms with Crippen LogP contribution in [0.4, 0.5) is 0 Å². The largest absolute Gasteiger partial charge is 0.381 e. The van der Waals surface area contributed by atoms with E-state index in [4.69, 9.17) is 4.74 Å². The Labute approximate surface area is 103 Å². The molecule has 1 N–H and O–H groups in total. The first-order chi connectivity index (χ1) is 7.77. The van der Waals surface area contributed by atoms with Crippen molar-refractivity contribution < 1.29 is 4.74 Å². The maximum atomic E-state index is 5.32. The topological polar surface area (TPSA) is 21.3 Å². The van der Waals surface area contributed by atoms with Crippen LogP contribution in [0.3, 0.4) is 0 Å². The molecule has 0 aliphatic heterocycles. The lowest BCUT2D eigenvalue weighted by Gasteiger charge is -2.11. The van der Waals surface area contributed by atoms with E-state index in [2.05, 4.69) is 36.5 Å². The molecule has 0 heterocycles. The fraction of sp³-hybridized carbons (Fsp3) is 0.538. The van der Waals surface area contributed by atoms with Crippen molar-refractivity contribution in [2.24, 2.45) is 0 Å². The summed E-state index contributed by atoms with van der Waals surface area (Å²) in [5, 5.41) is 3.25. The van der Waals surface area contributed by atoms with Crippen LogP contribution in [0.1, 0.15) is 25.5 Å². The van der Waals surface area contributed by atoms with Gasteiger partial charge < -0.3 is 10.1 Å². The zero-order valence-corrected chi connectivity index (χ0v) is 11.1. The van der Waals surface area contributed by atoms with Crippen molar-refractivity contribution in [1.29, 1.82) is 0 Å². The molecule has 3 heteroatoms. The van der Waals surface area contributed by atoms with Crippen molar-refractivity contribution >= 4 is 11.8 Å². The van der Waals surface area contributed by atoms with E-state index >= 15 is 0 Å². The highest BCUT2D eigenvalue weighted by molar-refractivity contribution is 7.99. The molecule has 0 amide bonds. The molecule has 0 spiro atoms. The first kappa shape index (κ1) is 13.6. The molecule has 1 aromatic rings. The Morgan fingerprint density at radius 1 is 1.44 bits per heavy atom. The Hall–Kier alpha value is -0.510. The van der Waals surface area contributed by atoms with Crippen LogP contribution in [0, 0.1) is 0 Å². The number of rotatable bonds is 7. The van der Waals surface area contributed by atoms with Crippen LogP contribution in [0.5, 0.6) is 0 Å². The Morgan fingerprint density at radius 2 is 2.25 bits per heavy atom. The van der Waals surface area contributed by atoms with Gasteiger partial charge >= 0.3 is 0 Å². The van der Waals surface area contributed by atoms with Crippen molar-refractivity contribution in [3.8, 4) is 0 Å². The van der Waals surface area contributed by atoms with E-state index in [0.29, 0.717) is 6.04 Å². The molecule has 0 saturated carbocycles. The van der Waals surface area contributed by atoms with E-state index in [9.17, 15) is 0 Å². The van der Waals surface area contributed by atoms with Crippen LogP contribution in [0.15, 0.2) is 29.2 Å². The van der Waals surface area contributed by atoms with Gasteiger partial charge in [-0.2, -0.15) is 0 Å². The Kier molecular flexibility index (Phi) is 6.53. The highest BCUT2D eigenvalue weighted by Gasteiger charge is 2.03. The molecule has 0 saturated heterocycles. The minimum Gasteiger partial charge on any atom is -0.381 e. The van der Waals surface area contributed by atoms with Gasteiger partial charge in [-0.05, 0) is 38.6 Å². The Balaban J connectivity index is 2.47. The average Bonchev–Trinajstić information content (AvgIpc) is 2.34. The second-order valence-corrected chi connectivity index (χ2v) is 4.80. The second kappa shape index (κ2) is 7.71. The molecule has 2 nitrogen and oxygen atoms in total. The smallest absolute Gasteiger partial charge is 0.0560 e. The van der Waals surface area contributed by atoms with E-state index in [-0.39, 0.29) is 0 Å². The first-order valence-electron chi connectivity index (χ1n) is 5.75. The SMILES string of the molecule is CCOCCSc1cccc(C(C)NC)c1. The molecular weight excluding hydrogens is 218 g/mol. The van der Waals surface area contributed by atoms with Gasteiger partial charge in [0.1, 0.15) is 0 Å². The van der Waals surface area contributed by atoms with Crippen LogP contribution < -0.4 is 5.32 Å². The van der Waals surface area contributed by atoms with Gasteiger partial charge in [0.05, 0.1) is 6.61 Å². The van der Waals surface area contributed by atoms with E-state index in [1.54, 1.807) is 0 Å². The third kappa shape index (κ3) is 4.56. The van der Waals surface area contributed by atoms with Crippen LogP contribution in [-0.2, 0) is 4.74 Å². The fourth-order valence-corrected chi connectivity index (χ4v) is 2.23. The summed E-state index contributed by atoms with van der Waals surface area (Å²) in [7, 11) is 1.99. The number of hydrogen-bond donors (Lipinski definition) is 1. The fourth-order valence-electron chi connectivity index (χ4n) is 1.40. The monoisotopic (exact) mass is 239 g/mol. The molecule has 0 radical (unpaired) electrons. The number of hydrogen-bond acceptors (Lipinski definition) is 3. The molecule has 16 heavy (non-hydrogen) atoms. The zero-order valence-electron chi connectivity index (χ0n) is 10.3. The van der Waals surface area contributed by atoms with Gasteiger partial charge in [0.25, 0.3) is 0 Å². The predicted molar refractivity (Wildman–Crippen MR) is 71.1 cm³/mol. The second-order valence-electron chi connectivity index (χ2n) is 3.63. The lowest BCUT2D eigenvalue weighted by Crippen LogP contribution is -2.12. The van der Waals surface area contributed by atoms with Crippen molar-refractivity contribution in [2.45, 2.75) is 24.8 Å². The summed E-state index contributed by atoms with van der Waals surface area (Å²) in [6.07, 6.45) is 0. The van der Waals surface area contributed by atoms with E-state index in [1.165, 1.54) is 10.5 Å². The predicted octanol–water partition coefficient (Wildman–Crippen LogP) is 3.10. The molecule has 0 bridgehead atoms. The average molecular weight is 239 g/mol. The quantitative estimate of drug-likeness (QED) is 0.583. The minimum absolute atomic E-state index is 0.410. The molecule has 0 aliphatic rings. The zero-order chi connectivity index (χ0) is 11.8. The van der Waals surface area contributed by atoms with Gasteiger partial charge in [-0.3, -0.25) is 0 Å². The summed E-state index contributed by atoms with van der Waals surface area (Å²) >= 11 is 1.85. The molecule has 1 rings (SSSR count). The van der Waals surface area contributed by atoms with Gasteiger partial charge in [0, 0.05) is 23.3 Å².